The van der Waals surface area contributed by atoms with E-state index in [4.69, 9.17) is 63.8 Å². The van der Waals surface area contributed by atoms with Crippen molar-refractivity contribution >= 4 is 25.2 Å². The van der Waals surface area contributed by atoms with E-state index in [1.165, 1.54) is 0 Å². The van der Waals surface area contributed by atoms with Gasteiger partial charge in [0.1, 0.15) is 13.2 Å². The van der Waals surface area contributed by atoms with Crippen molar-refractivity contribution in [3.63, 3.8) is 0 Å². The maximum absolute atomic E-state index is 8.50. The quantitative estimate of drug-likeness (QED) is 0.0756. The van der Waals surface area contributed by atoms with Crippen LogP contribution in [0.2, 0.25) is 0 Å². The molecule has 0 aromatic carbocycles. The fourth-order valence-electron chi connectivity index (χ4n) is 0.143. The fraction of sp³-hybridized carbons (Fsp3) is 0.500. The first kappa shape index (κ1) is 97.1. The third kappa shape index (κ3) is 3140. The molecule has 23 nitrogen and oxygen atoms in total. The molecule has 0 unspecified atom stereocenters. The van der Waals surface area contributed by atoms with E-state index in [1.54, 1.807) is 0 Å². The predicted octanol–water partition coefficient (Wildman–Crippen LogP) is -4.82. The Morgan fingerprint density at radius 1 is 0.727 bits per heavy atom. The zero-order chi connectivity index (χ0) is 22.5. The van der Waals surface area contributed by atoms with Gasteiger partial charge in [0.05, 0.1) is 0 Å². The van der Waals surface area contributed by atoms with Crippen LogP contribution in [0.25, 0.3) is 0 Å². The maximum atomic E-state index is 8.50. The van der Waals surface area contributed by atoms with Crippen molar-refractivity contribution in [3.8, 4) is 0 Å². The topological polar surface area (TPSA) is 446 Å². The van der Waals surface area contributed by atoms with Crippen LogP contribution in [0.3, 0.4) is 0 Å². The summed E-state index contributed by atoms with van der Waals surface area (Å²) in [6.07, 6.45) is 0.500. The Labute approximate surface area is 204 Å². The summed E-state index contributed by atoms with van der Waals surface area (Å²) in [5.74, 6) is 0. The van der Waals surface area contributed by atoms with Crippen LogP contribution in [0.4, 0.5) is 0 Å². The Balaban J connectivity index is -0.00000000706. The molecule has 0 saturated heterocycles. The zero-order valence-electron chi connectivity index (χ0n) is 18.5. The number of carboxylic acid groups (broad SMARTS) is 2. The molecule has 0 radical (unpaired) electrons. The summed E-state index contributed by atoms with van der Waals surface area (Å²) >= 11 is -3.44. The van der Waals surface area contributed by atoms with Gasteiger partial charge in [-0.2, -0.15) is 19.2 Å². The van der Waals surface area contributed by atoms with Gasteiger partial charge in [0.15, 0.2) is 0 Å². The number of hydrogen-bond donors (Lipinski definition) is 4. The Morgan fingerprint density at radius 2 is 0.818 bits per heavy atom. The predicted molar refractivity (Wildman–Crippen MR) is 85.5 cm³/mol. The second-order valence-corrected chi connectivity index (χ2v) is 1.77. The second-order valence-electron chi connectivity index (χ2n) is 1.32. The van der Waals surface area contributed by atoms with Crippen LogP contribution < -0.4 is 0 Å². The van der Waals surface area contributed by atoms with Crippen LogP contribution in [0.1, 0.15) is 20.6 Å². The molecule has 0 saturated carbocycles. The third-order valence-corrected chi connectivity index (χ3v) is 0.355. The molecule has 0 aromatic heterocycles. The number of hydrogen-bond acceptors (Lipinski definition) is 16. The summed E-state index contributed by atoms with van der Waals surface area (Å²) < 4.78 is 33.8. The third-order valence-electron chi connectivity index (χ3n) is 0.355. The second kappa shape index (κ2) is 260. The molecule has 0 spiro atoms. The summed E-state index contributed by atoms with van der Waals surface area (Å²) in [7, 11) is 0. The summed E-state index contributed by atoms with van der Waals surface area (Å²) in [4.78, 5) is 57.0. The van der Waals surface area contributed by atoms with Crippen LogP contribution in [0.15, 0.2) is 0 Å². The summed E-state index contributed by atoms with van der Waals surface area (Å²) in [5.41, 5.74) is 0. The van der Waals surface area contributed by atoms with Gasteiger partial charge in [-0.15, -0.1) is 0 Å². The molecule has 25 heteroatoms. The van der Waals surface area contributed by atoms with Gasteiger partial charge >= 0.3 is 66.2 Å². The Morgan fingerprint density at radius 3 is 0.879 bits per heavy atom. The molecule has 0 aliphatic rings. The average molecular weight is 599 g/mol. The van der Waals surface area contributed by atoms with Gasteiger partial charge in [0.2, 0.25) is 0 Å². The van der Waals surface area contributed by atoms with E-state index >= 15 is 0 Å². The van der Waals surface area contributed by atoms with Crippen LogP contribution in [0.5, 0.6) is 0 Å². The molecule has 209 valence electrons. The molecule has 14 N–H and O–H groups in total. The van der Waals surface area contributed by atoms with Crippen molar-refractivity contribution < 1.29 is 151 Å². The Bertz CT molecular complexity index is 325. The van der Waals surface area contributed by atoms with Crippen molar-refractivity contribution in [1.82, 2.24) is 0 Å². The van der Waals surface area contributed by atoms with Gasteiger partial charge < -0.3 is 37.6 Å². The number of carbonyl (C=O) groups excluding carboxylic acids is 4. The van der Waals surface area contributed by atoms with E-state index in [9.17, 15) is 0 Å². The van der Waals surface area contributed by atoms with Crippen LogP contribution in [0, 0.1) is 0 Å². The molecule has 0 bridgehead atoms. The molecule has 0 heterocycles. The molecular weight excluding hydrogens is 567 g/mol. The monoisotopic (exact) mass is 599 g/mol. The van der Waals surface area contributed by atoms with Gasteiger partial charge in [-0.05, 0) is 0 Å². The summed E-state index contributed by atoms with van der Waals surface area (Å²) in [6.45, 7) is -0.561. The molecule has 0 rings (SSSR count). The van der Waals surface area contributed by atoms with Crippen molar-refractivity contribution in [2.45, 2.75) is 14.9 Å². The summed E-state index contributed by atoms with van der Waals surface area (Å²) in [5, 5.41) is 35.1. The molecule has 0 aliphatic carbocycles. The standard InChI is InChI=1S/C2H6O6.2CH2O2.2CO2.2CH4.Mn.5H2O.4O.Ti/c3-7-5-1-2-6-8-4;4*2-1-3;;;;;;;;;;;;;/h3-4H,1-2H2;2*1H,(H,2,3);;;2*1H4;;5*1H2;;;;;/p+4. The van der Waals surface area contributed by atoms with E-state index in [2.05, 4.69) is 19.9 Å². The van der Waals surface area contributed by atoms with Gasteiger partial charge in [-0.3, -0.25) is 9.59 Å². The first-order chi connectivity index (χ1) is 12.4. The average Bonchev–Trinajstić information content (AvgIpc) is 2.56. The van der Waals surface area contributed by atoms with Gasteiger partial charge in [0.25, 0.3) is 12.9 Å². The van der Waals surface area contributed by atoms with Gasteiger partial charge in [0, 0.05) is 0 Å². The molecule has 33 heavy (non-hydrogen) atoms. The van der Waals surface area contributed by atoms with E-state index < -0.39 is 33.9 Å². The van der Waals surface area contributed by atoms with E-state index in [-0.39, 0.29) is 86.4 Å². The molecular formula is C8H32MnO23Ti+4. The first-order valence-electron chi connectivity index (χ1n) is 4.30. The van der Waals surface area contributed by atoms with Crippen LogP contribution in [-0.2, 0) is 96.8 Å². The molecule has 0 amide bonds. The first-order valence-corrected chi connectivity index (χ1v) is 6.54. The minimum atomic E-state index is -2.00. The Hall–Kier alpha value is -2.31. The molecule has 0 fully saturated rings. The van der Waals surface area contributed by atoms with Crippen molar-refractivity contribution in [2.24, 2.45) is 0 Å². The van der Waals surface area contributed by atoms with E-state index in [1.807, 2.05) is 0 Å². The fourth-order valence-corrected chi connectivity index (χ4v) is 0.143. The Kier molecular flexibility index (Phi) is 766. The van der Waals surface area contributed by atoms with Gasteiger partial charge in [-0.25, -0.2) is 20.3 Å². The molecule has 0 aliphatic heterocycles. The van der Waals surface area contributed by atoms with Crippen LogP contribution >= 0.6 is 0 Å². The van der Waals surface area contributed by atoms with Crippen LogP contribution in [-0.4, -0.2) is 86.6 Å². The number of carbonyl (C=O) groups is 2. The SMILES string of the molecule is C.C.O.O.O.O.O.O=C=O.O=C=O.O=CO.O=CO.OOOCCOOO.[H+].[H+].[H+].[H+].[O]=[Mn]=[O].[O]=[Ti]=[O]. The van der Waals surface area contributed by atoms with Crippen molar-refractivity contribution in [2.75, 3.05) is 13.2 Å². The van der Waals surface area contributed by atoms with E-state index in [0.717, 1.165) is 0 Å². The van der Waals surface area contributed by atoms with E-state index in [0.29, 0.717) is 0 Å². The summed E-state index contributed by atoms with van der Waals surface area (Å²) in [6, 6.07) is 0. The van der Waals surface area contributed by atoms with Crippen molar-refractivity contribution in [3.05, 3.63) is 0 Å². The normalized spacial score (nSPS) is 4.18. The number of rotatable bonds is 5. The van der Waals surface area contributed by atoms with Crippen molar-refractivity contribution in [1.29, 1.82) is 0 Å². The molecule has 0 atom stereocenters. The zero-order valence-corrected chi connectivity index (χ0v) is 17.2. The minimum absolute atomic E-state index is 0. The molecule has 0 aromatic rings. The van der Waals surface area contributed by atoms with Gasteiger partial charge in [-0.1, -0.05) is 24.9 Å².